The standard InChI is InChI=1S/C16H18ClN5O/c17-14-3-1-2-13(10-14)11-20-16(23)22-8-6-21(7-9-22)15-12-18-4-5-19-15/h1-5,10,12H,6-9,11H2,(H,20,23). The van der Waals surface area contributed by atoms with Gasteiger partial charge < -0.3 is 15.1 Å². The molecule has 1 aliphatic rings. The largest absolute Gasteiger partial charge is 0.352 e. The van der Waals surface area contributed by atoms with Crippen LogP contribution in [0.3, 0.4) is 0 Å². The Balaban J connectivity index is 1.48. The molecule has 2 aromatic rings. The van der Waals surface area contributed by atoms with Crippen molar-refractivity contribution in [3.05, 3.63) is 53.4 Å². The summed E-state index contributed by atoms with van der Waals surface area (Å²) in [5.74, 6) is 0.853. The van der Waals surface area contributed by atoms with E-state index in [2.05, 4.69) is 20.2 Å². The number of anilines is 1. The maximum absolute atomic E-state index is 12.2. The van der Waals surface area contributed by atoms with Crippen LogP contribution in [0, 0.1) is 0 Å². The van der Waals surface area contributed by atoms with Gasteiger partial charge in [0.05, 0.1) is 6.20 Å². The highest BCUT2D eigenvalue weighted by Gasteiger charge is 2.21. The summed E-state index contributed by atoms with van der Waals surface area (Å²) in [4.78, 5) is 24.5. The molecule has 2 heterocycles. The highest BCUT2D eigenvalue weighted by atomic mass is 35.5. The van der Waals surface area contributed by atoms with Crippen LogP contribution in [-0.4, -0.2) is 47.1 Å². The van der Waals surface area contributed by atoms with E-state index < -0.39 is 0 Å². The van der Waals surface area contributed by atoms with E-state index in [1.165, 1.54) is 0 Å². The lowest BCUT2D eigenvalue weighted by Gasteiger charge is -2.35. The third-order valence-electron chi connectivity index (χ3n) is 3.77. The van der Waals surface area contributed by atoms with Gasteiger partial charge in [0.2, 0.25) is 0 Å². The summed E-state index contributed by atoms with van der Waals surface area (Å²) in [6.45, 7) is 3.31. The Morgan fingerprint density at radius 2 is 2.04 bits per heavy atom. The lowest BCUT2D eigenvalue weighted by atomic mass is 10.2. The van der Waals surface area contributed by atoms with Crippen LogP contribution in [0.5, 0.6) is 0 Å². The van der Waals surface area contributed by atoms with Crippen molar-refractivity contribution in [1.82, 2.24) is 20.2 Å². The predicted octanol–water partition coefficient (Wildman–Crippen LogP) is 2.16. The lowest BCUT2D eigenvalue weighted by Crippen LogP contribution is -2.51. The summed E-state index contributed by atoms with van der Waals surface area (Å²) >= 11 is 5.94. The van der Waals surface area contributed by atoms with Crippen LogP contribution in [-0.2, 0) is 6.54 Å². The molecule has 0 atom stereocenters. The zero-order valence-corrected chi connectivity index (χ0v) is 13.4. The topological polar surface area (TPSA) is 61.4 Å². The molecule has 3 rings (SSSR count). The van der Waals surface area contributed by atoms with Crippen molar-refractivity contribution in [2.75, 3.05) is 31.1 Å². The van der Waals surface area contributed by atoms with Gasteiger partial charge in [-0.1, -0.05) is 23.7 Å². The number of aromatic nitrogens is 2. The van der Waals surface area contributed by atoms with Crippen molar-refractivity contribution in [2.24, 2.45) is 0 Å². The fraction of sp³-hybridized carbons (Fsp3) is 0.312. The molecule has 0 saturated carbocycles. The molecule has 0 bridgehead atoms. The van der Waals surface area contributed by atoms with E-state index in [0.717, 1.165) is 24.5 Å². The van der Waals surface area contributed by atoms with Crippen LogP contribution >= 0.6 is 11.6 Å². The first kappa shape index (κ1) is 15.6. The van der Waals surface area contributed by atoms with E-state index in [9.17, 15) is 4.79 Å². The van der Waals surface area contributed by atoms with Crippen LogP contribution in [0.2, 0.25) is 5.02 Å². The molecular formula is C16H18ClN5O. The van der Waals surface area contributed by atoms with E-state index >= 15 is 0 Å². The maximum Gasteiger partial charge on any atom is 0.317 e. The SMILES string of the molecule is O=C(NCc1cccc(Cl)c1)N1CCN(c2cnccn2)CC1. The number of hydrogen-bond donors (Lipinski definition) is 1. The molecule has 0 aliphatic carbocycles. The van der Waals surface area contributed by atoms with Crippen molar-refractivity contribution < 1.29 is 4.79 Å². The van der Waals surface area contributed by atoms with Gasteiger partial charge in [-0.15, -0.1) is 0 Å². The van der Waals surface area contributed by atoms with Crippen LogP contribution in [0.15, 0.2) is 42.9 Å². The second-order valence-corrected chi connectivity index (χ2v) is 5.76. The first-order chi connectivity index (χ1) is 11.2. The number of amides is 2. The molecule has 1 fully saturated rings. The Kier molecular flexibility index (Phi) is 4.92. The van der Waals surface area contributed by atoms with Gasteiger partial charge in [-0.2, -0.15) is 0 Å². The van der Waals surface area contributed by atoms with Gasteiger partial charge in [-0.25, -0.2) is 9.78 Å². The number of benzene rings is 1. The average molecular weight is 332 g/mol. The number of urea groups is 1. The summed E-state index contributed by atoms with van der Waals surface area (Å²) < 4.78 is 0. The van der Waals surface area contributed by atoms with Crippen molar-refractivity contribution in [3.63, 3.8) is 0 Å². The number of carbonyl (C=O) groups excluding carboxylic acids is 1. The third-order valence-corrected chi connectivity index (χ3v) is 4.01. The summed E-state index contributed by atoms with van der Waals surface area (Å²) in [5.41, 5.74) is 0.990. The molecule has 0 spiro atoms. The molecule has 120 valence electrons. The second kappa shape index (κ2) is 7.28. The molecule has 6 nitrogen and oxygen atoms in total. The summed E-state index contributed by atoms with van der Waals surface area (Å²) in [7, 11) is 0. The van der Waals surface area contributed by atoms with Crippen molar-refractivity contribution >= 4 is 23.4 Å². The van der Waals surface area contributed by atoms with E-state index in [1.54, 1.807) is 18.6 Å². The molecule has 1 aromatic carbocycles. The Labute approximate surface area is 140 Å². The monoisotopic (exact) mass is 331 g/mol. The van der Waals surface area contributed by atoms with Gasteiger partial charge in [0.1, 0.15) is 5.82 Å². The second-order valence-electron chi connectivity index (χ2n) is 5.33. The molecule has 23 heavy (non-hydrogen) atoms. The van der Waals surface area contributed by atoms with Crippen LogP contribution in [0.4, 0.5) is 10.6 Å². The molecule has 2 amide bonds. The first-order valence-corrected chi connectivity index (χ1v) is 7.88. The Morgan fingerprint density at radius 1 is 1.22 bits per heavy atom. The Bertz CT molecular complexity index is 659. The van der Waals surface area contributed by atoms with Gasteiger partial charge >= 0.3 is 6.03 Å². The molecule has 7 heteroatoms. The molecule has 0 radical (unpaired) electrons. The number of hydrogen-bond acceptors (Lipinski definition) is 4. The smallest absolute Gasteiger partial charge is 0.317 e. The fourth-order valence-electron chi connectivity index (χ4n) is 2.53. The summed E-state index contributed by atoms with van der Waals surface area (Å²) in [5, 5.41) is 3.61. The van der Waals surface area contributed by atoms with E-state index in [1.807, 2.05) is 29.2 Å². The minimum Gasteiger partial charge on any atom is -0.352 e. The van der Waals surface area contributed by atoms with Crippen molar-refractivity contribution in [3.8, 4) is 0 Å². The molecule has 1 saturated heterocycles. The zero-order valence-electron chi connectivity index (χ0n) is 12.7. The molecule has 0 unspecified atom stereocenters. The van der Waals surface area contributed by atoms with E-state index in [4.69, 9.17) is 11.6 Å². The number of nitrogens with zero attached hydrogens (tertiary/aromatic N) is 4. The van der Waals surface area contributed by atoms with Crippen LogP contribution in [0.1, 0.15) is 5.56 Å². The maximum atomic E-state index is 12.2. The highest BCUT2D eigenvalue weighted by Crippen LogP contribution is 2.12. The summed E-state index contributed by atoms with van der Waals surface area (Å²) in [6.07, 6.45) is 5.08. The first-order valence-electron chi connectivity index (χ1n) is 7.50. The number of rotatable bonds is 3. The summed E-state index contributed by atoms with van der Waals surface area (Å²) in [6, 6.07) is 7.44. The molecule has 1 aromatic heterocycles. The van der Waals surface area contributed by atoms with Gasteiger partial charge in [0, 0.05) is 50.1 Å². The van der Waals surface area contributed by atoms with Crippen molar-refractivity contribution in [2.45, 2.75) is 6.54 Å². The minimum atomic E-state index is -0.0521. The van der Waals surface area contributed by atoms with Crippen molar-refractivity contribution in [1.29, 1.82) is 0 Å². The highest BCUT2D eigenvalue weighted by molar-refractivity contribution is 6.30. The Morgan fingerprint density at radius 3 is 2.74 bits per heavy atom. The third kappa shape index (κ3) is 4.10. The number of piperazine rings is 1. The van der Waals surface area contributed by atoms with Gasteiger partial charge in [0.15, 0.2) is 0 Å². The zero-order chi connectivity index (χ0) is 16.1. The average Bonchev–Trinajstić information content (AvgIpc) is 2.61. The molecule has 1 aliphatic heterocycles. The molecule has 1 N–H and O–H groups in total. The lowest BCUT2D eigenvalue weighted by molar-refractivity contribution is 0.194. The quantitative estimate of drug-likeness (QED) is 0.936. The van der Waals surface area contributed by atoms with Gasteiger partial charge in [-0.3, -0.25) is 4.98 Å². The predicted molar refractivity (Wildman–Crippen MR) is 89.5 cm³/mol. The number of carbonyl (C=O) groups is 1. The van der Waals surface area contributed by atoms with E-state index in [-0.39, 0.29) is 6.03 Å². The van der Waals surface area contributed by atoms with Crippen LogP contribution < -0.4 is 10.2 Å². The van der Waals surface area contributed by atoms with Gasteiger partial charge in [-0.05, 0) is 17.7 Å². The number of nitrogens with one attached hydrogen (secondary N) is 1. The minimum absolute atomic E-state index is 0.0521. The normalized spacial score (nSPS) is 14.7. The number of halogens is 1. The molecular weight excluding hydrogens is 314 g/mol. The van der Waals surface area contributed by atoms with Gasteiger partial charge in [0.25, 0.3) is 0 Å². The van der Waals surface area contributed by atoms with Crippen LogP contribution in [0.25, 0.3) is 0 Å². The van der Waals surface area contributed by atoms with E-state index in [0.29, 0.717) is 24.7 Å². The fourth-order valence-corrected chi connectivity index (χ4v) is 2.74. The Hall–Kier alpha value is -2.34.